The Kier molecular flexibility index (Phi) is 3.08. The molecule has 0 bridgehead atoms. The van der Waals surface area contributed by atoms with Gasteiger partial charge in [0.1, 0.15) is 5.75 Å². The highest BCUT2D eigenvalue weighted by Crippen LogP contribution is 2.22. The van der Waals surface area contributed by atoms with E-state index in [9.17, 15) is 5.11 Å². The van der Waals surface area contributed by atoms with Gasteiger partial charge in [0, 0.05) is 5.56 Å². The molecule has 0 amide bonds. The maximum atomic E-state index is 9.50. The van der Waals surface area contributed by atoms with Crippen molar-refractivity contribution in [2.75, 3.05) is 6.54 Å². The molecule has 12 heavy (non-hydrogen) atoms. The van der Waals surface area contributed by atoms with Gasteiger partial charge in [-0.05, 0) is 18.5 Å². The lowest BCUT2D eigenvalue weighted by Crippen LogP contribution is -2.03. The SMILES string of the molecule is NCCc1cccc(CO)c1O. The fourth-order valence-electron chi connectivity index (χ4n) is 1.13. The van der Waals surface area contributed by atoms with Gasteiger partial charge >= 0.3 is 0 Å². The van der Waals surface area contributed by atoms with E-state index in [4.69, 9.17) is 10.8 Å². The minimum absolute atomic E-state index is 0.135. The quantitative estimate of drug-likeness (QED) is 0.610. The summed E-state index contributed by atoms with van der Waals surface area (Å²) in [4.78, 5) is 0. The van der Waals surface area contributed by atoms with Gasteiger partial charge in [-0.1, -0.05) is 18.2 Å². The van der Waals surface area contributed by atoms with Crippen molar-refractivity contribution in [2.45, 2.75) is 13.0 Å². The number of hydrogen-bond acceptors (Lipinski definition) is 3. The number of aliphatic hydroxyl groups excluding tert-OH is 1. The van der Waals surface area contributed by atoms with Gasteiger partial charge in [0.25, 0.3) is 0 Å². The summed E-state index contributed by atoms with van der Waals surface area (Å²) < 4.78 is 0. The van der Waals surface area contributed by atoms with Gasteiger partial charge in [0.05, 0.1) is 6.61 Å². The highest BCUT2D eigenvalue weighted by atomic mass is 16.3. The van der Waals surface area contributed by atoms with Gasteiger partial charge in [-0.3, -0.25) is 0 Å². The van der Waals surface area contributed by atoms with Crippen LogP contribution in [0.3, 0.4) is 0 Å². The first-order chi connectivity index (χ1) is 5.79. The highest BCUT2D eigenvalue weighted by molar-refractivity contribution is 5.39. The fraction of sp³-hybridized carbons (Fsp3) is 0.333. The Labute approximate surface area is 71.5 Å². The van der Waals surface area contributed by atoms with Crippen molar-refractivity contribution < 1.29 is 10.2 Å². The smallest absolute Gasteiger partial charge is 0.124 e. The molecule has 0 aliphatic heterocycles. The summed E-state index contributed by atoms with van der Waals surface area (Å²) in [5.74, 6) is 0.172. The van der Waals surface area contributed by atoms with Crippen molar-refractivity contribution in [1.82, 2.24) is 0 Å². The van der Waals surface area contributed by atoms with Crippen LogP contribution in [-0.4, -0.2) is 16.8 Å². The van der Waals surface area contributed by atoms with Crippen LogP contribution < -0.4 is 5.73 Å². The minimum Gasteiger partial charge on any atom is -0.507 e. The highest BCUT2D eigenvalue weighted by Gasteiger charge is 2.04. The Morgan fingerprint density at radius 2 is 1.92 bits per heavy atom. The fourth-order valence-corrected chi connectivity index (χ4v) is 1.13. The predicted octanol–water partition coefficient (Wildman–Crippen LogP) is 0.386. The lowest BCUT2D eigenvalue weighted by atomic mass is 10.1. The second-order valence-corrected chi connectivity index (χ2v) is 2.62. The zero-order valence-corrected chi connectivity index (χ0v) is 6.83. The van der Waals surface area contributed by atoms with Crippen molar-refractivity contribution in [1.29, 1.82) is 0 Å². The molecular formula is C9H13NO2. The van der Waals surface area contributed by atoms with E-state index in [1.165, 1.54) is 0 Å². The summed E-state index contributed by atoms with van der Waals surface area (Å²) in [5.41, 5.74) is 6.70. The van der Waals surface area contributed by atoms with Gasteiger partial charge < -0.3 is 15.9 Å². The van der Waals surface area contributed by atoms with E-state index in [-0.39, 0.29) is 12.4 Å². The third-order valence-corrected chi connectivity index (χ3v) is 1.79. The first kappa shape index (κ1) is 9.03. The summed E-state index contributed by atoms with van der Waals surface area (Å²) >= 11 is 0. The topological polar surface area (TPSA) is 66.5 Å². The van der Waals surface area contributed by atoms with E-state index in [0.29, 0.717) is 18.5 Å². The Bertz CT molecular complexity index is 261. The van der Waals surface area contributed by atoms with Crippen LogP contribution in [0.5, 0.6) is 5.75 Å². The number of rotatable bonds is 3. The molecule has 0 fully saturated rings. The number of benzene rings is 1. The maximum Gasteiger partial charge on any atom is 0.124 e. The standard InChI is InChI=1S/C9H13NO2/c10-5-4-7-2-1-3-8(6-11)9(7)12/h1-3,11-12H,4-6,10H2. The number of hydrogen-bond donors (Lipinski definition) is 3. The van der Waals surface area contributed by atoms with Crippen LogP contribution in [0.25, 0.3) is 0 Å². The van der Waals surface area contributed by atoms with Crippen LogP contribution in [0, 0.1) is 0 Å². The van der Waals surface area contributed by atoms with Gasteiger partial charge in [0.2, 0.25) is 0 Å². The minimum atomic E-state index is -0.135. The first-order valence-electron chi connectivity index (χ1n) is 3.90. The van der Waals surface area contributed by atoms with E-state index in [0.717, 1.165) is 5.56 Å². The molecule has 4 N–H and O–H groups in total. The van der Waals surface area contributed by atoms with Crippen LogP contribution in [0.2, 0.25) is 0 Å². The molecule has 0 atom stereocenters. The van der Waals surface area contributed by atoms with Crippen molar-refractivity contribution >= 4 is 0 Å². The van der Waals surface area contributed by atoms with Crippen LogP contribution >= 0.6 is 0 Å². The van der Waals surface area contributed by atoms with Gasteiger partial charge in [-0.25, -0.2) is 0 Å². The van der Waals surface area contributed by atoms with E-state index >= 15 is 0 Å². The molecule has 3 nitrogen and oxygen atoms in total. The van der Waals surface area contributed by atoms with E-state index in [1.807, 2.05) is 0 Å². The third-order valence-electron chi connectivity index (χ3n) is 1.79. The molecule has 0 spiro atoms. The molecule has 1 aromatic carbocycles. The molecule has 0 aliphatic rings. The molecule has 3 heteroatoms. The number of aliphatic hydroxyl groups is 1. The molecule has 1 aromatic rings. The molecule has 66 valence electrons. The Morgan fingerprint density at radius 1 is 1.25 bits per heavy atom. The van der Waals surface area contributed by atoms with Crippen molar-refractivity contribution in [2.24, 2.45) is 5.73 Å². The number of para-hydroxylation sites is 1. The summed E-state index contributed by atoms with van der Waals surface area (Å²) in [6, 6.07) is 5.30. The average Bonchev–Trinajstić information content (AvgIpc) is 2.09. The molecular weight excluding hydrogens is 154 g/mol. The predicted molar refractivity (Wildman–Crippen MR) is 46.8 cm³/mol. The third kappa shape index (κ3) is 1.75. The van der Waals surface area contributed by atoms with Crippen molar-refractivity contribution in [3.05, 3.63) is 29.3 Å². The zero-order chi connectivity index (χ0) is 8.97. The van der Waals surface area contributed by atoms with Crippen LogP contribution in [0.1, 0.15) is 11.1 Å². The lowest BCUT2D eigenvalue weighted by molar-refractivity contribution is 0.275. The van der Waals surface area contributed by atoms with Crippen LogP contribution in [-0.2, 0) is 13.0 Å². The normalized spacial score (nSPS) is 10.2. The summed E-state index contributed by atoms with van der Waals surface area (Å²) in [6.45, 7) is 0.368. The average molecular weight is 167 g/mol. The van der Waals surface area contributed by atoms with Crippen molar-refractivity contribution in [3.8, 4) is 5.75 Å². The van der Waals surface area contributed by atoms with E-state index in [2.05, 4.69) is 0 Å². The molecule has 1 rings (SSSR count). The van der Waals surface area contributed by atoms with Crippen LogP contribution in [0.4, 0.5) is 0 Å². The second-order valence-electron chi connectivity index (χ2n) is 2.62. The molecule has 0 saturated carbocycles. The van der Waals surface area contributed by atoms with Crippen LogP contribution in [0.15, 0.2) is 18.2 Å². The number of nitrogens with two attached hydrogens (primary N) is 1. The number of phenols is 1. The largest absolute Gasteiger partial charge is 0.507 e. The molecule has 0 aromatic heterocycles. The molecule has 0 unspecified atom stereocenters. The van der Waals surface area contributed by atoms with Crippen molar-refractivity contribution in [3.63, 3.8) is 0 Å². The monoisotopic (exact) mass is 167 g/mol. The molecule has 0 aliphatic carbocycles. The van der Waals surface area contributed by atoms with E-state index < -0.39 is 0 Å². The van der Waals surface area contributed by atoms with Gasteiger partial charge in [0.15, 0.2) is 0 Å². The summed E-state index contributed by atoms with van der Waals surface area (Å²) in [7, 11) is 0. The lowest BCUT2D eigenvalue weighted by Gasteiger charge is -2.06. The second kappa shape index (κ2) is 4.09. The zero-order valence-electron chi connectivity index (χ0n) is 6.83. The molecule has 0 heterocycles. The Hall–Kier alpha value is -1.06. The van der Waals surface area contributed by atoms with E-state index in [1.54, 1.807) is 18.2 Å². The van der Waals surface area contributed by atoms with Gasteiger partial charge in [-0.15, -0.1) is 0 Å². The summed E-state index contributed by atoms with van der Waals surface area (Å²) in [6.07, 6.45) is 0.639. The first-order valence-corrected chi connectivity index (χ1v) is 3.90. The summed E-state index contributed by atoms with van der Waals surface area (Å²) in [5, 5.41) is 18.3. The number of aromatic hydroxyl groups is 1. The Morgan fingerprint density at radius 3 is 2.50 bits per heavy atom. The Balaban J connectivity index is 2.97. The van der Waals surface area contributed by atoms with Gasteiger partial charge in [-0.2, -0.15) is 0 Å². The maximum absolute atomic E-state index is 9.50. The molecule has 0 radical (unpaired) electrons. The molecule has 0 saturated heterocycles.